The van der Waals surface area contributed by atoms with Gasteiger partial charge in [0, 0.05) is 67.9 Å². The first-order chi connectivity index (χ1) is 24.5. The summed E-state index contributed by atoms with van der Waals surface area (Å²) in [6, 6.07) is 5.38. The molecule has 1 N–H and O–H groups in total. The van der Waals surface area contributed by atoms with Crippen LogP contribution in [0.25, 0.3) is 11.8 Å². The molecular formula is C40H53F3N6O2. The van der Waals surface area contributed by atoms with E-state index in [1.54, 1.807) is 24.2 Å². The second kappa shape index (κ2) is 17.5. The highest BCUT2D eigenvalue weighted by atomic mass is 19.1. The molecule has 2 aliphatic heterocycles. The molecule has 276 valence electrons. The van der Waals surface area contributed by atoms with E-state index in [0.29, 0.717) is 62.9 Å². The van der Waals surface area contributed by atoms with Crippen LogP contribution in [0.5, 0.6) is 0 Å². The van der Waals surface area contributed by atoms with Crippen LogP contribution in [0.1, 0.15) is 92.4 Å². The SMILES string of the molecule is CCCN(CCC)CC1CCN(C(=O)c2cc(F)c(C3CCN(C/C(C)=C/c4c(-n5cc(F)c(NC)cc5=O)ccnc4C)CC3)c(F)c2)CC1. The third-order valence-corrected chi connectivity index (χ3v) is 10.4. The van der Waals surface area contributed by atoms with Crippen molar-refractivity contribution < 1.29 is 18.0 Å². The Kier molecular flexibility index (Phi) is 13.1. The van der Waals surface area contributed by atoms with Crippen molar-refractivity contribution in [2.75, 3.05) is 64.7 Å². The van der Waals surface area contributed by atoms with E-state index in [2.05, 4.69) is 33.9 Å². The minimum atomic E-state index is -0.647. The number of aromatic nitrogens is 2. The Bertz CT molecular complexity index is 1730. The van der Waals surface area contributed by atoms with Gasteiger partial charge >= 0.3 is 0 Å². The highest BCUT2D eigenvalue weighted by molar-refractivity contribution is 5.94. The number of halogens is 3. The molecule has 8 nitrogen and oxygen atoms in total. The summed E-state index contributed by atoms with van der Waals surface area (Å²) in [5.41, 5.74) is 2.88. The van der Waals surface area contributed by atoms with Gasteiger partial charge in [-0.2, -0.15) is 0 Å². The zero-order chi connectivity index (χ0) is 36.7. The van der Waals surface area contributed by atoms with Crippen molar-refractivity contribution in [1.29, 1.82) is 0 Å². The summed E-state index contributed by atoms with van der Waals surface area (Å²) in [6.07, 6.45) is 9.95. The summed E-state index contributed by atoms with van der Waals surface area (Å²) >= 11 is 0. The Labute approximate surface area is 300 Å². The number of likely N-dealkylation sites (tertiary alicyclic amines) is 2. The van der Waals surface area contributed by atoms with Crippen LogP contribution in [-0.2, 0) is 0 Å². The van der Waals surface area contributed by atoms with Crippen molar-refractivity contribution in [1.82, 2.24) is 24.3 Å². The monoisotopic (exact) mass is 706 g/mol. The molecule has 2 fully saturated rings. The van der Waals surface area contributed by atoms with E-state index in [1.165, 1.54) is 29.0 Å². The molecule has 2 aliphatic rings. The average Bonchev–Trinajstić information content (AvgIpc) is 3.10. The van der Waals surface area contributed by atoms with Gasteiger partial charge in [0.15, 0.2) is 5.82 Å². The molecule has 51 heavy (non-hydrogen) atoms. The highest BCUT2D eigenvalue weighted by Gasteiger charge is 2.29. The van der Waals surface area contributed by atoms with Crippen LogP contribution in [0.15, 0.2) is 47.0 Å². The quantitative estimate of drug-likeness (QED) is 0.202. The molecule has 0 unspecified atom stereocenters. The van der Waals surface area contributed by atoms with Gasteiger partial charge in [0.2, 0.25) is 0 Å². The molecule has 3 aromatic rings. The number of hydrogen-bond acceptors (Lipinski definition) is 6. The van der Waals surface area contributed by atoms with Gasteiger partial charge in [-0.05, 0) is 109 Å². The predicted octanol–water partition coefficient (Wildman–Crippen LogP) is 7.26. The maximum absolute atomic E-state index is 15.5. The number of pyridine rings is 2. The number of carbonyl (C=O) groups excluding carboxylic acids is 1. The Morgan fingerprint density at radius 2 is 1.63 bits per heavy atom. The number of amides is 1. The molecule has 5 rings (SSSR count). The summed E-state index contributed by atoms with van der Waals surface area (Å²) < 4.78 is 47.0. The Balaban J connectivity index is 1.19. The molecule has 1 aromatic carbocycles. The van der Waals surface area contributed by atoms with Gasteiger partial charge in [0.05, 0.1) is 17.6 Å². The predicted molar refractivity (Wildman–Crippen MR) is 198 cm³/mol. The van der Waals surface area contributed by atoms with Crippen molar-refractivity contribution in [3.8, 4) is 5.69 Å². The van der Waals surface area contributed by atoms with Crippen molar-refractivity contribution in [3.63, 3.8) is 0 Å². The standard InChI is InChI=1S/C40H53F3N6O2/c1-6-14-46(15-7-2)25-29-9-18-48(19-10-29)40(51)31-21-33(41)39(34(42)22-31)30-11-16-47(17-12-30)24-27(3)20-32-28(4)45-13-8-37(32)49-26-35(43)36(44-5)23-38(49)50/h8,13,20-23,26,29-30,44H,6-7,9-12,14-19,24-25H2,1-5H3/b27-20+. The molecule has 1 amide bonds. The van der Waals surface area contributed by atoms with Gasteiger partial charge in [0.25, 0.3) is 11.5 Å². The Morgan fingerprint density at radius 3 is 2.24 bits per heavy atom. The van der Waals surface area contributed by atoms with E-state index in [1.807, 2.05) is 19.9 Å². The van der Waals surface area contributed by atoms with Crippen LogP contribution in [0, 0.1) is 30.3 Å². The van der Waals surface area contributed by atoms with Crippen LogP contribution in [0.4, 0.5) is 18.9 Å². The van der Waals surface area contributed by atoms with Crippen LogP contribution in [-0.4, -0.2) is 89.6 Å². The van der Waals surface area contributed by atoms with E-state index < -0.39 is 17.5 Å². The summed E-state index contributed by atoms with van der Waals surface area (Å²) in [5, 5.41) is 2.69. The zero-order valence-electron chi connectivity index (χ0n) is 30.8. The lowest BCUT2D eigenvalue weighted by Crippen LogP contribution is -2.42. The fourth-order valence-corrected chi connectivity index (χ4v) is 7.76. The van der Waals surface area contributed by atoms with Crippen molar-refractivity contribution in [2.24, 2.45) is 5.92 Å². The second-order valence-corrected chi connectivity index (χ2v) is 14.3. The van der Waals surface area contributed by atoms with Crippen molar-refractivity contribution in [2.45, 2.75) is 72.1 Å². The summed E-state index contributed by atoms with van der Waals surface area (Å²) in [5.74, 6) is -1.89. The number of nitrogens with zero attached hydrogens (tertiary/aromatic N) is 5. The van der Waals surface area contributed by atoms with E-state index in [4.69, 9.17) is 0 Å². The number of aryl methyl sites for hydroxylation is 1. The van der Waals surface area contributed by atoms with Crippen LogP contribution < -0.4 is 10.9 Å². The van der Waals surface area contributed by atoms with Gasteiger partial charge in [-0.3, -0.25) is 24.0 Å². The van der Waals surface area contributed by atoms with Crippen LogP contribution in [0.3, 0.4) is 0 Å². The molecule has 11 heteroatoms. The lowest BCUT2D eigenvalue weighted by molar-refractivity contribution is 0.0665. The van der Waals surface area contributed by atoms with Crippen LogP contribution in [0.2, 0.25) is 0 Å². The maximum atomic E-state index is 15.5. The third-order valence-electron chi connectivity index (χ3n) is 10.4. The zero-order valence-corrected chi connectivity index (χ0v) is 30.8. The van der Waals surface area contributed by atoms with Crippen LogP contribution >= 0.6 is 0 Å². The van der Waals surface area contributed by atoms with E-state index in [-0.39, 0.29) is 34.2 Å². The lowest BCUT2D eigenvalue weighted by atomic mass is 9.87. The van der Waals surface area contributed by atoms with E-state index in [0.717, 1.165) is 56.5 Å². The van der Waals surface area contributed by atoms with Gasteiger partial charge in [0.1, 0.15) is 11.6 Å². The molecule has 0 saturated carbocycles. The number of rotatable bonds is 13. The lowest BCUT2D eigenvalue weighted by Gasteiger charge is -2.35. The summed E-state index contributed by atoms with van der Waals surface area (Å²) in [7, 11) is 1.56. The number of carbonyl (C=O) groups is 1. The summed E-state index contributed by atoms with van der Waals surface area (Å²) in [4.78, 5) is 37.1. The molecular weight excluding hydrogens is 653 g/mol. The molecule has 0 bridgehead atoms. The largest absolute Gasteiger partial charge is 0.386 e. The van der Waals surface area contributed by atoms with Gasteiger partial charge in [-0.15, -0.1) is 0 Å². The van der Waals surface area contributed by atoms with E-state index >= 15 is 8.78 Å². The number of benzene rings is 1. The minimum absolute atomic E-state index is 0.0710. The fraction of sp³-hybridized carbons (Fsp3) is 0.525. The van der Waals surface area contributed by atoms with Crippen molar-refractivity contribution in [3.05, 3.63) is 92.4 Å². The van der Waals surface area contributed by atoms with Gasteiger partial charge in [-0.25, -0.2) is 13.2 Å². The molecule has 0 aliphatic carbocycles. The molecule has 4 heterocycles. The van der Waals surface area contributed by atoms with Gasteiger partial charge in [-0.1, -0.05) is 25.5 Å². The molecule has 0 spiro atoms. The molecule has 2 saturated heterocycles. The fourth-order valence-electron chi connectivity index (χ4n) is 7.76. The first-order valence-electron chi connectivity index (χ1n) is 18.5. The number of nitrogens with one attached hydrogen (secondary N) is 1. The third kappa shape index (κ3) is 9.29. The topological polar surface area (TPSA) is 73.7 Å². The second-order valence-electron chi connectivity index (χ2n) is 14.3. The smallest absolute Gasteiger partial charge is 0.257 e. The first-order valence-corrected chi connectivity index (χ1v) is 18.5. The Morgan fingerprint density at radius 1 is 0.980 bits per heavy atom. The van der Waals surface area contributed by atoms with E-state index in [9.17, 15) is 14.0 Å². The number of hydrogen-bond donors (Lipinski definition) is 1. The molecule has 0 atom stereocenters. The summed E-state index contributed by atoms with van der Waals surface area (Å²) in [6.45, 7) is 14.6. The first kappa shape index (κ1) is 38.3. The minimum Gasteiger partial charge on any atom is -0.386 e. The number of anilines is 1. The van der Waals surface area contributed by atoms with Gasteiger partial charge < -0.3 is 15.1 Å². The average molecular weight is 707 g/mol. The molecule has 2 aromatic heterocycles. The van der Waals surface area contributed by atoms with Crippen molar-refractivity contribution >= 4 is 17.7 Å². The normalized spacial score (nSPS) is 16.6. The highest BCUT2D eigenvalue weighted by Crippen LogP contribution is 2.33. The number of piperidine rings is 2. The Hall–Kier alpha value is -3.96. The maximum Gasteiger partial charge on any atom is 0.257 e. The molecule has 0 radical (unpaired) electrons.